The number of rotatable bonds is 6. The van der Waals surface area contributed by atoms with Crippen molar-refractivity contribution in [3.63, 3.8) is 0 Å². The van der Waals surface area contributed by atoms with Crippen LogP contribution in [-0.2, 0) is 28.1 Å². The zero-order valence-electron chi connectivity index (χ0n) is 19.0. The van der Waals surface area contributed by atoms with Gasteiger partial charge in [0.25, 0.3) is 5.60 Å². The first-order valence-corrected chi connectivity index (χ1v) is 12.6. The molecule has 0 fully saturated rings. The van der Waals surface area contributed by atoms with Crippen molar-refractivity contribution in [3.05, 3.63) is 49.8 Å². The molecule has 0 saturated carbocycles. The fourth-order valence-corrected chi connectivity index (χ4v) is 5.95. The van der Waals surface area contributed by atoms with Crippen LogP contribution in [0.5, 0.6) is 5.06 Å². The maximum atomic E-state index is 14.4. The largest absolute Gasteiger partial charge is 0.435 e. The molecular formula is C23H19Cl2F3N4O4S. The van der Waals surface area contributed by atoms with Crippen molar-refractivity contribution in [2.45, 2.75) is 43.9 Å². The first-order chi connectivity index (χ1) is 17.5. The highest BCUT2D eigenvalue weighted by molar-refractivity contribution is 7.16. The summed E-state index contributed by atoms with van der Waals surface area (Å²) in [6.45, 7) is -0.611. The first-order valence-electron chi connectivity index (χ1n) is 11.1. The Labute approximate surface area is 223 Å². The molecule has 2 aromatic rings. The van der Waals surface area contributed by atoms with Crippen LogP contribution in [0.15, 0.2) is 23.4 Å². The zero-order valence-corrected chi connectivity index (χ0v) is 21.3. The summed E-state index contributed by atoms with van der Waals surface area (Å²) in [6.07, 6.45) is -3.60. The van der Waals surface area contributed by atoms with Crippen LogP contribution in [0.1, 0.15) is 40.8 Å². The molecule has 0 saturated heterocycles. The third-order valence-corrected chi connectivity index (χ3v) is 7.54. The average molecular weight is 575 g/mol. The molecular weight excluding hydrogens is 556 g/mol. The number of fused-ring (bicyclic) bond motifs is 1. The fraction of sp³-hybridized carbons (Fsp3) is 0.391. The molecule has 2 heterocycles. The second-order valence-corrected chi connectivity index (χ2v) is 10.2. The molecule has 8 nitrogen and oxygen atoms in total. The number of nitrogens with zero attached hydrogens (tertiary/aromatic N) is 2. The number of oxime groups is 1. The van der Waals surface area contributed by atoms with E-state index in [0.29, 0.717) is 23.3 Å². The molecule has 1 aromatic heterocycles. The Morgan fingerprint density at radius 1 is 1.16 bits per heavy atom. The van der Waals surface area contributed by atoms with E-state index in [1.54, 1.807) is 6.07 Å². The lowest BCUT2D eigenvalue weighted by molar-refractivity contribution is -0.275. The van der Waals surface area contributed by atoms with Crippen LogP contribution >= 0.6 is 34.5 Å². The number of hydrogen-bond donors (Lipinski definition) is 2. The van der Waals surface area contributed by atoms with Crippen molar-refractivity contribution >= 4 is 52.3 Å². The van der Waals surface area contributed by atoms with E-state index in [1.807, 2.05) is 0 Å². The second-order valence-electron chi connectivity index (χ2n) is 8.35. The van der Waals surface area contributed by atoms with Crippen LogP contribution in [0, 0.1) is 11.3 Å². The lowest BCUT2D eigenvalue weighted by Gasteiger charge is -2.29. The van der Waals surface area contributed by atoms with Crippen LogP contribution in [-0.4, -0.2) is 37.0 Å². The summed E-state index contributed by atoms with van der Waals surface area (Å²) < 4.78 is 48.6. The lowest BCUT2D eigenvalue weighted by Crippen LogP contribution is -2.42. The van der Waals surface area contributed by atoms with Gasteiger partial charge in [-0.2, -0.15) is 18.4 Å². The van der Waals surface area contributed by atoms with Gasteiger partial charge in [0.1, 0.15) is 18.8 Å². The summed E-state index contributed by atoms with van der Waals surface area (Å²) in [6, 6.07) is 5.36. The summed E-state index contributed by atoms with van der Waals surface area (Å²) >= 11 is 13.0. The van der Waals surface area contributed by atoms with Crippen molar-refractivity contribution in [2.24, 2.45) is 5.16 Å². The molecule has 0 bridgehead atoms. The average Bonchev–Trinajstić information content (AvgIpc) is 3.44. The highest BCUT2D eigenvalue weighted by atomic mass is 35.5. The Morgan fingerprint density at radius 2 is 1.84 bits per heavy atom. The van der Waals surface area contributed by atoms with E-state index in [4.69, 9.17) is 38.0 Å². The van der Waals surface area contributed by atoms with Crippen molar-refractivity contribution in [3.8, 4) is 11.1 Å². The van der Waals surface area contributed by atoms with Gasteiger partial charge in [-0.3, -0.25) is 4.79 Å². The third-order valence-electron chi connectivity index (χ3n) is 5.90. The molecule has 2 amide bonds. The molecule has 1 aliphatic heterocycles. The summed E-state index contributed by atoms with van der Waals surface area (Å²) in [5, 5.41) is 17.2. The molecule has 196 valence electrons. The molecule has 0 radical (unpaired) electrons. The Bertz CT molecular complexity index is 1290. The van der Waals surface area contributed by atoms with E-state index in [0.717, 1.165) is 41.9 Å². The van der Waals surface area contributed by atoms with E-state index < -0.39 is 36.7 Å². The molecule has 4 rings (SSSR count). The number of ether oxygens (including phenoxy) is 1. The van der Waals surface area contributed by atoms with E-state index in [-0.39, 0.29) is 32.9 Å². The Balaban J connectivity index is 1.59. The standard InChI is InChI=1S/C23H19Cl2F3N4O4S/c24-13-7-12(8-14(25)9-13)22(23(26,27)28)10-17(32-36-22)19-15-3-1-2-4-16(15)20(37-19)35-21(34)31-11-18(33)30-6-5-29/h7-9H,1-4,6,10-11H2,(H,30,33)(H,31,34). The van der Waals surface area contributed by atoms with E-state index in [9.17, 15) is 22.8 Å². The molecule has 37 heavy (non-hydrogen) atoms. The van der Waals surface area contributed by atoms with Gasteiger partial charge in [-0.1, -0.05) is 39.7 Å². The first kappa shape index (κ1) is 27.0. The zero-order chi connectivity index (χ0) is 26.8. The number of nitriles is 1. The maximum absolute atomic E-state index is 14.4. The van der Waals surface area contributed by atoms with E-state index in [1.165, 1.54) is 6.07 Å². The number of benzene rings is 1. The summed E-state index contributed by atoms with van der Waals surface area (Å²) in [4.78, 5) is 29.5. The van der Waals surface area contributed by atoms with Crippen LogP contribution < -0.4 is 15.4 Å². The normalized spacial score (nSPS) is 18.8. The number of thiophene rings is 1. The van der Waals surface area contributed by atoms with Gasteiger partial charge in [0.05, 0.1) is 17.4 Å². The Kier molecular flexibility index (Phi) is 7.87. The number of carbonyl (C=O) groups excluding carboxylic acids is 2. The quantitative estimate of drug-likeness (QED) is 0.458. The Hall–Kier alpha value is -3.01. The second kappa shape index (κ2) is 10.8. The van der Waals surface area contributed by atoms with Gasteiger partial charge in [-0.15, -0.1) is 0 Å². The van der Waals surface area contributed by atoms with Crippen molar-refractivity contribution in [1.29, 1.82) is 5.26 Å². The molecule has 2 N–H and O–H groups in total. The van der Waals surface area contributed by atoms with Crippen LogP contribution in [0.4, 0.5) is 18.0 Å². The summed E-state index contributed by atoms with van der Waals surface area (Å²) in [5.74, 6) is -0.575. The topological polar surface area (TPSA) is 113 Å². The molecule has 2 aliphatic rings. The molecule has 1 aromatic carbocycles. The van der Waals surface area contributed by atoms with E-state index >= 15 is 0 Å². The van der Waals surface area contributed by atoms with E-state index in [2.05, 4.69) is 15.8 Å². The van der Waals surface area contributed by atoms with Crippen molar-refractivity contribution in [1.82, 2.24) is 10.6 Å². The number of halogens is 5. The van der Waals surface area contributed by atoms with Crippen molar-refractivity contribution < 1.29 is 32.3 Å². The van der Waals surface area contributed by atoms with Crippen LogP contribution in [0.2, 0.25) is 10.0 Å². The number of amides is 2. The molecule has 1 unspecified atom stereocenters. The van der Waals surface area contributed by atoms with Gasteiger partial charge >= 0.3 is 12.3 Å². The predicted octanol–water partition coefficient (Wildman–Crippen LogP) is 5.24. The minimum absolute atomic E-state index is 0.0275. The molecule has 0 spiro atoms. The minimum Gasteiger partial charge on any atom is -0.399 e. The monoisotopic (exact) mass is 574 g/mol. The van der Waals surface area contributed by atoms with Crippen LogP contribution in [0.25, 0.3) is 0 Å². The van der Waals surface area contributed by atoms with Gasteiger partial charge in [0.15, 0.2) is 5.06 Å². The SMILES string of the molecule is N#CCNC(=O)CNC(=O)Oc1sc(C2=NOC(c3cc(Cl)cc(Cl)c3)(C(F)(F)F)C2)c2c1CCCC2. The highest BCUT2D eigenvalue weighted by Crippen LogP contribution is 2.51. The number of alkyl halides is 3. The third kappa shape index (κ3) is 5.63. The number of nitrogens with one attached hydrogen (secondary N) is 2. The van der Waals surface area contributed by atoms with Gasteiger partial charge in [-0.25, -0.2) is 4.79 Å². The highest BCUT2D eigenvalue weighted by Gasteiger charge is 2.62. The Morgan fingerprint density at radius 3 is 2.49 bits per heavy atom. The lowest BCUT2D eigenvalue weighted by atomic mass is 9.86. The molecule has 1 atom stereocenters. The summed E-state index contributed by atoms with van der Waals surface area (Å²) in [5.41, 5.74) is -1.50. The smallest absolute Gasteiger partial charge is 0.399 e. The number of hydrogen-bond acceptors (Lipinski definition) is 7. The van der Waals surface area contributed by atoms with Gasteiger partial charge in [-0.05, 0) is 49.4 Å². The van der Waals surface area contributed by atoms with Crippen molar-refractivity contribution in [2.75, 3.05) is 13.1 Å². The van der Waals surface area contributed by atoms with Gasteiger partial charge in [0, 0.05) is 21.2 Å². The molecule has 14 heteroatoms. The summed E-state index contributed by atoms with van der Waals surface area (Å²) in [7, 11) is 0. The maximum Gasteiger partial charge on any atom is 0.435 e. The predicted molar refractivity (Wildman–Crippen MR) is 130 cm³/mol. The molecule has 1 aliphatic carbocycles. The van der Waals surface area contributed by atoms with Gasteiger partial charge in [0.2, 0.25) is 5.91 Å². The number of carbonyl (C=O) groups is 2. The van der Waals surface area contributed by atoms with Crippen LogP contribution in [0.3, 0.4) is 0 Å². The fourth-order valence-electron chi connectivity index (χ4n) is 4.20. The van der Waals surface area contributed by atoms with Gasteiger partial charge < -0.3 is 20.2 Å². The minimum atomic E-state index is -4.84.